The molecule has 4 aliphatic heterocycles. The minimum atomic E-state index is -0.110. The van der Waals surface area contributed by atoms with Gasteiger partial charge in [0.25, 0.3) is 0 Å². The van der Waals surface area contributed by atoms with Crippen LogP contribution in [-0.2, 0) is 16.1 Å². The summed E-state index contributed by atoms with van der Waals surface area (Å²) in [6, 6.07) is 10.1. The van der Waals surface area contributed by atoms with Crippen LogP contribution in [0, 0.1) is 0 Å². The van der Waals surface area contributed by atoms with Crippen LogP contribution < -0.4 is 0 Å². The minimum Gasteiger partial charge on any atom is -0.375 e. The van der Waals surface area contributed by atoms with Gasteiger partial charge in [-0.2, -0.15) is 0 Å². The summed E-state index contributed by atoms with van der Waals surface area (Å²) in [6.07, 6.45) is 0.628. The fourth-order valence-corrected chi connectivity index (χ4v) is 4.82. The van der Waals surface area contributed by atoms with Crippen molar-refractivity contribution < 1.29 is 9.53 Å². The van der Waals surface area contributed by atoms with Gasteiger partial charge in [-0.05, 0) is 5.56 Å². The molecule has 4 aliphatic rings. The predicted octanol–water partition coefficient (Wildman–Crippen LogP) is 0.0130. The molecule has 0 spiro atoms. The van der Waals surface area contributed by atoms with Crippen molar-refractivity contribution in [1.29, 1.82) is 0 Å². The molecule has 3 atom stereocenters. The average molecular weight is 328 g/mol. The molecule has 0 aliphatic carbocycles. The number of carbonyl (C=O) groups excluding carboxylic acids is 1. The Morgan fingerprint density at radius 2 is 1.62 bits per heavy atom. The molecular formula is C18H24N4O2. The maximum atomic E-state index is 12.9. The summed E-state index contributed by atoms with van der Waals surface area (Å²) in [5.41, 5.74) is 1.16. The molecule has 4 fully saturated rings. The van der Waals surface area contributed by atoms with Crippen molar-refractivity contribution in [2.24, 2.45) is 0 Å². The Morgan fingerprint density at radius 3 is 2.42 bits per heavy atom. The molecule has 0 saturated carbocycles. The summed E-state index contributed by atoms with van der Waals surface area (Å²) in [6.45, 7) is 7.26. The van der Waals surface area contributed by atoms with Gasteiger partial charge in [-0.15, -0.1) is 0 Å². The van der Waals surface area contributed by atoms with Crippen molar-refractivity contribution in [3.05, 3.63) is 35.9 Å². The number of benzene rings is 1. The summed E-state index contributed by atoms with van der Waals surface area (Å²) >= 11 is 0. The first-order valence-electron chi connectivity index (χ1n) is 8.99. The first-order chi connectivity index (χ1) is 11.8. The number of hydrogen-bond acceptors (Lipinski definition) is 5. The van der Waals surface area contributed by atoms with Crippen LogP contribution in [0.25, 0.3) is 0 Å². The molecule has 0 aromatic heterocycles. The zero-order chi connectivity index (χ0) is 16.1. The van der Waals surface area contributed by atoms with E-state index in [1.807, 2.05) is 18.2 Å². The highest BCUT2D eigenvalue weighted by Crippen LogP contribution is 2.36. The van der Waals surface area contributed by atoms with E-state index in [-0.39, 0.29) is 18.1 Å². The van der Waals surface area contributed by atoms with E-state index in [1.54, 1.807) is 0 Å². The number of ether oxygens (including phenoxy) is 1. The van der Waals surface area contributed by atoms with E-state index < -0.39 is 0 Å². The van der Waals surface area contributed by atoms with E-state index in [0.717, 1.165) is 44.8 Å². The van der Waals surface area contributed by atoms with Crippen LogP contribution in [0.3, 0.4) is 0 Å². The maximum Gasteiger partial charge on any atom is 0.243 e. The zero-order valence-electron chi connectivity index (χ0n) is 13.9. The van der Waals surface area contributed by atoms with E-state index >= 15 is 0 Å². The van der Waals surface area contributed by atoms with Gasteiger partial charge in [0.2, 0.25) is 5.91 Å². The Hall–Kier alpha value is -1.47. The lowest BCUT2D eigenvalue weighted by Gasteiger charge is -2.49. The highest BCUT2D eigenvalue weighted by molar-refractivity contribution is 5.85. The molecule has 6 nitrogen and oxygen atoms in total. The largest absolute Gasteiger partial charge is 0.375 e. The van der Waals surface area contributed by atoms with Crippen LogP contribution in [0.15, 0.2) is 30.3 Å². The molecule has 3 unspecified atom stereocenters. The maximum absolute atomic E-state index is 12.9. The van der Waals surface area contributed by atoms with E-state index in [2.05, 4.69) is 31.7 Å². The quantitative estimate of drug-likeness (QED) is 0.779. The third-order valence-electron chi connectivity index (χ3n) is 5.98. The first kappa shape index (κ1) is 14.8. The van der Waals surface area contributed by atoms with Crippen molar-refractivity contribution in [1.82, 2.24) is 19.6 Å². The molecule has 0 bridgehead atoms. The fraction of sp³-hybridized carbons (Fsp3) is 0.611. The molecule has 1 amide bonds. The number of carbonyl (C=O) groups is 1. The summed E-state index contributed by atoms with van der Waals surface area (Å²) in [5, 5.41) is 0. The van der Waals surface area contributed by atoms with Gasteiger partial charge < -0.3 is 9.64 Å². The summed E-state index contributed by atoms with van der Waals surface area (Å²) in [7, 11) is 0. The van der Waals surface area contributed by atoms with Crippen LogP contribution in [0.5, 0.6) is 0 Å². The summed E-state index contributed by atoms with van der Waals surface area (Å²) < 4.78 is 5.92. The SMILES string of the molecule is O=C1C(COCc2ccccc2)N2CCN3CCN4CCN1C2C43. The lowest BCUT2D eigenvalue weighted by Crippen LogP contribution is -2.67. The number of piperazine rings is 2. The van der Waals surface area contributed by atoms with E-state index in [4.69, 9.17) is 4.74 Å². The third kappa shape index (κ3) is 2.21. The van der Waals surface area contributed by atoms with E-state index in [1.165, 1.54) is 0 Å². The Bertz CT molecular complexity index is 619. The monoisotopic (exact) mass is 328 g/mol. The second-order valence-electron chi connectivity index (χ2n) is 7.19. The van der Waals surface area contributed by atoms with Crippen LogP contribution >= 0.6 is 0 Å². The van der Waals surface area contributed by atoms with E-state index in [9.17, 15) is 4.79 Å². The number of nitrogens with zero attached hydrogens (tertiary/aromatic N) is 4. The fourth-order valence-electron chi connectivity index (χ4n) is 4.82. The van der Waals surface area contributed by atoms with Gasteiger partial charge in [0.15, 0.2) is 0 Å². The van der Waals surface area contributed by atoms with Gasteiger partial charge in [-0.1, -0.05) is 30.3 Å². The molecule has 0 radical (unpaired) electrons. The van der Waals surface area contributed by atoms with Crippen LogP contribution in [0.4, 0.5) is 0 Å². The van der Waals surface area contributed by atoms with Crippen molar-refractivity contribution >= 4 is 5.91 Å². The lowest BCUT2D eigenvalue weighted by atomic mass is 10.1. The minimum absolute atomic E-state index is 0.110. The Balaban J connectivity index is 1.30. The molecule has 24 heavy (non-hydrogen) atoms. The molecule has 1 aromatic carbocycles. The average Bonchev–Trinajstić information content (AvgIpc) is 3.15. The molecule has 6 heteroatoms. The van der Waals surface area contributed by atoms with Gasteiger partial charge in [0, 0.05) is 39.3 Å². The second-order valence-corrected chi connectivity index (χ2v) is 7.19. The van der Waals surface area contributed by atoms with Crippen molar-refractivity contribution in [2.75, 3.05) is 45.9 Å². The summed E-state index contributed by atoms with van der Waals surface area (Å²) in [5.74, 6) is 0.265. The van der Waals surface area contributed by atoms with Crippen molar-refractivity contribution in [3.8, 4) is 0 Å². The Labute approximate surface area is 142 Å². The van der Waals surface area contributed by atoms with Crippen LogP contribution in [0.2, 0.25) is 0 Å². The number of amides is 1. The zero-order valence-corrected chi connectivity index (χ0v) is 13.9. The van der Waals surface area contributed by atoms with Crippen molar-refractivity contribution in [2.45, 2.75) is 25.0 Å². The first-order valence-corrected chi connectivity index (χ1v) is 8.99. The summed E-state index contributed by atoms with van der Waals surface area (Å²) in [4.78, 5) is 22.5. The predicted molar refractivity (Wildman–Crippen MR) is 89.0 cm³/mol. The van der Waals surface area contributed by atoms with Gasteiger partial charge in [0.05, 0.1) is 19.4 Å². The third-order valence-corrected chi connectivity index (χ3v) is 5.98. The topological polar surface area (TPSA) is 39.3 Å². The van der Waals surface area contributed by atoms with Crippen molar-refractivity contribution in [3.63, 3.8) is 0 Å². The lowest BCUT2D eigenvalue weighted by molar-refractivity contribution is -0.135. The number of rotatable bonds is 4. The standard InChI is InChI=1S/C18H24N4O2/c23-18-15(13-24-12-14-4-2-1-3-5-14)21-10-8-19-6-7-20-9-11-22(18)17(21)16(19)20/h1-5,15-17H,6-13H2. The normalized spacial score (nSPS) is 33.2. The van der Waals surface area contributed by atoms with E-state index in [0.29, 0.717) is 19.4 Å². The van der Waals surface area contributed by atoms with Gasteiger partial charge >= 0.3 is 0 Å². The Kier molecular flexibility index (Phi) is 3.59. The smallest absolute Gasteiger partial charge is 0.243 e. The van der Waals surface area contributed by atoms with Gasteiger partial charge in [-0.3, -0.25) is 19.5 Å². The molecule has 128 valence electrons. The molecule has 4 heterocycles. The van der Waals surface area contributed by atoms with Gasteiger partial charge in [-0.25, -0.2) is 0 Å². The van der Waals surface area contributed by atoms with Gasteiger partial charge in [0.1, 0.15) is 12.2 Å². The molecule has 0 N–H and O–H groups in total. The van der Waals surface area contributed by atoms with Crippen LogP contribution in [-0.4, -0.2) is 89.8 Å². The highest BCUT2D eigenvalue weighted by Gasteiger charge is 2.57. The highest BCUT2D eigenvalue weighted by atomic mass is 16.5. The molecule has 1 aromatic rings. The molecule has 4 saturated heterocycles. The Morgan fingerprint density at radius 1 is 0.917 bits per heavy atom. The number of hydrogen-bond donors (Lipinski definition) is 0. The van der Waals surface area contributed by atoms with Crippen LogP contribution in [0.1, 0.15) is 5.56 Å². The molecule has 5 rings (SSSR count). The molecular weight excluding hydrogens is 304 g/mol. The second kappa shape index (κ2) is 5.81.